The maximum absolute atomic E-state index is 2.30. The maximum atomic E-state index is 2.30. The number of allylic oxidation sites excluding steroid dienone is 8. The van der Waals surface area contributed by atoms with Crippen molar-refractivity contribution in [2.75, 3.05) is 19.0 Å². The maximum Gasteiger partial charge on any atom is 0.209 e. The summed E-state index contributed by atoms with van der Waals surface area (Å²) in [5.41, 5.74) is 8.04. The molecule has 2 aliphatic rings. The fourth-order valence-electron chi connectivity index (χ4n) is 5.09. The zero-order valence-corrected chi connectivity index (χ0v) is 22.1. The first-order valence-corrected chi connectivity index (χ1v) is 11.0. The second kappa shape index (κ2) is 9.22. The van der Waals surface area contributed by atoms with Crippen molar-refractivity contribution in [2.45, 2.75) is 38.5 Å². The van der Waals surface area contributed by atoms with Crippen LogP contribution in [0.1, 0.15) is 38.8 Å². The molecule has 0 unspecified atom stereocenters. The van der Waals surface area contributed by atoms with Crippen LogP contribution < -0.4 is 28.9 Å². The largest absolute Gasteiger partial charge is 1.00 e. The van der Waals surface area contributed by atoms with Crippen LogP contribution in [-0.4, -0.2) is 24.4 Å². The van der Waals surface area contributed by atoms with Crippen molar-refractivity contribution in [2.24, 2.45) is 0 Å². The predicted octanol–water partition coefficient (Wildman–Crippen LogP) is 3.68. The highest BCUT2D eigenvalue weighted by molar-refractivity contribution is 6.03. The molecule has 2 heterocycles. The average Bonchev–Trinajstić information content (AvgIpc) is 3.07. The van der Waals surface area contributed by atoms with E-state index in [-0.39, 0.29) is 34.8 Å². The van der Waals surface area contributed by atoms with E-state index >= 15 is 0 Å². The molecule has 4 rings (SSSR count). The third-order valence-electron chi connectivity index (χ3n) is 6.83. The second-order valence-electron chi connectivity index (χ2n) is 9.47. The molecule has 166 valence electrons. The summed E-state index contributed by atoms with van der Waals surface area (Å²) in [5.74, 6) is 0. The molecular weight excluding hydrogens is 503 g/mol. The summed E-state index contributed by atoms with van der Waals surface area (Å²) in [5, 5.41) is 0. The molecule has 3 heteroatoms. The number of anilines is 1. The quantitative estimate of drug-likeness (QED) is 0.329. The predicted molar refractivity (Wildman–Crippen MR) is 134 cm³/mol. The molecule has 0 bridgehead atoms. The summed E-state index contributed by atoms with van der Waals surface area (Å²) >= 11 is 0. The number of nitrogens with zero attached hydrogens (tertiary/aromatic N) is 2. The Morgan fingerprint density at radius 2 is 1.34 bits per heavy atom. The number of halogens is 1. The van der Waals surface area contributed by atoms with Crippen molar-refractivity contribution >= 4 is 17.1 Å². The Bertz CT molecular complexity index is 1160. The molecule has 0 amide bonds. The van der Waals surface area contributed by atoms with Crippen molar-refractivity contribution in [3.8, 4) is 0 Å². The highest BCUT2D eigenvalue weighted by Crippen LogP contribution is 2.46. The van der Waals surface area contributed by atoms with E-state index in [1.807, 2.05) is 0 Å². The second-order valence-corrected chi connectivity index (χ2v) is 9.47. The molecule has 0 fully saturated rings. The third-order valence-corrected chi connectivity index (χ3v) is 6.83. The van der Waals surface area contributed by atoms with Crippen LogP contribution in [0.5, 0.6) is 0 Å². The molecule has 0 spiro atoms. The van der Waals surface area contributed by atoms with Gasteiger partial charge in [-0.25, -0.2) is 0 Å². The Morgan fingerprint density at radius 3 is 2.03 bits per heavy atom. The van der Waals surface area contributed by atoms with Gasteiger partial charge in [0.2, 0.25) is 5.69 Å². The lowest BCUT2D eigenvalue weighted by Gasteiger charge is -2.23. The summed E-state index contributed by atoms with van der Waals surface area (Å²) < 4.78 is 2.30. The van der Waals surface area contributed by atoms with Crippen molar-refractivity contribution in [1.82, 2.24) is 0 Å². The van der Waals surface area contributed by atoms with Crippen molar-refractivity contribution < 1.29 is 28.6 Å². The molecule has 0 atom stereocenters. The Kier molecular flexibility index (Phi) is 6.99. The lowest BCUT2D eigenvalue weighted by atomic mass is 9.81. The molecule has 0 saturated carbocycles. The van der Waals surface area contributed by atoms with Crippen LogP contribution in [0.15, 0.2) is 96.8 Å². The Labute approximate surface area is 210 Å². The van der Waals surface area contributed by atoms with Gasteiger partial charge in [0, 0.05) is 41.6 Å². The van der Waals surface area contributed by atoms with Gasteiger partial charge in [0.1, 0.15) is 7.05 Å². The van der Waals surface area contributed by atoms with Gasteiger partial charge in [-0.15, -0.1) is 0 Å². The molecule has 2 nitrogen and oxygen atoms in total. The summed E-state index contributed by atoms with van der Waals surface area (Å²) in [4.78, 5) is 2.30. The number of fused-ring (bicyclic) bond motifs is 2. The molecule has 0 N–H and O–H groups in total. The van der Waals surface area contributed by atoms with Gasteiger partial charge in [-0.2, -0.15) is 4.58 Å². The highest BCUT2D eigenvalue weighted by Gasteiger charge is 2.42. The average molecular weight is 537 g/mol. The van der Waals surface area contributed by atoms with Crippen molar-refractivity contribution in [3.63, 3.8) is 0 Å². The Hall–Kier alpha value is -2.40. The first kappa shape index (κ1) is 24.2. The van der Waals surface area contributed by atoms with Gasteiger partial charge >= 0.3 is 0 Å². The number of hydrogen-bond donors (Lipinski definition) is 0. The zero-order chi connectivity index (χ0) is 22.2. The molecule has 0 radical (unpaired) electrons. The van der Waals surface area contributed by atoms with Crippen molar-refractivity contribution in [3.05, 3.63) is 108 Å². The number of rotatable bonds is 4. The van der Waals surface area contributed by atoms with Crippen LogP contribution in [0.4, 0.5) is 11.4 Å². The van der Waals surface area contributed by atoms with Gasteiger partial charge < -0.3 is 28.9 Å². The fraction of sp³-hybridized carbons (Fsp3) is 0.276. The van der Waals surface area contributed by atoms with Crippen LogP contribution >= 0.6 is 0 Å². The number of likely N-dealkylation sites (N-methyl/N-ethyl adjacent to an activating group) is 1. The fourth-order valence-corrected chi connectivity index (χ4v) is 5.09. The first-order valence-electron chi connectivity index (χ1n) is 11.0. The van der Waals surface area contributed by atoms with Gasteiger partial charge in [-0.05, 0) is 31.6 Å². The van der Waals surface area contributed by atoms with E-state index in [1.165, 1.54) is 33.9 Å². The summed E-state index contributed by atoms with van der Waals surface area (Å²) in [6, 6.07) is 17.3. The van der Waals surface area contributed by atoms with Gasteiger partial charge in [-0.1, -0.05) is 80.6 Å². The molecule has 0 saturated heterocycles. The topological polar surface area (TPSA) is 6.25 Å². The lowest BCUT2D eigenvalue weighted by Crippen LogP contribution is -3.00. The van der Waals surface area contributed by atoms with Gasteiger partial charge in [0.25, 0.3) is 0 Å². The minimum atomic E-state index is 0. The van der Waals surface area contributed by atoms with Crippen LogP contribution in [0.2, 0.25) is 0 Å². The van der Waals surface area contributed by atoms with Gasteiger partial charge in [-0.3, -0.25) is 0 Å². The lowest BCUT2D eigenvalue weighted by molar-refractivity contribution is -0.401. The monoisotopic (exact) mass is 536 g/mol. The van der Waals surface area contributed by atoms with Crippen LogP contribution in [0, 0.1) is 0 Å². The number of benzene rings is 2. The molecular formula is C29H33IN2. The van der Waals surface area contributed by atoms with Gasteiger partial charge in [0.05, 0.1) is 5.41 Å². The summed E-state index contributed by atoms with van der Waals surface area (Å²) in [6.45, 7) is 9.18. The van der Waals surface area contributed by atoms with Crippen LogP contribution in [-0.2, 0) is 10.8 Å². The van der Waals surface area contributed by atoms with E-state index in [2.05, 4.69) is 142 Å². The van der Waals surface area contributed by atoms with E-state index < -0.39 is 0 Å². The smallest absolute Gasteiger partial charge is 0.209 e. The van der Waals surface area contributed by atoms with Crippen LogP contribution in [0.3, 0.4) is 0 Å². The van der Waals surface area contributed by atoms with Gasteiger partial charge in [0.15, 0.2) is 5.71 Å². The molecule has 2 aromatic carbocycles. The normalized spacial score (nSPS) is 19.9. The number of para-hydroxylation sites is 2. The summed E-state index contributed by atoms with van der Waals surface area (Å²) in [7, 11) is 4.31. The summed E-state index contributed by atoms with van der Waals surface area (Å²) in [6.07, 6.45) is 15.0. The van der Waals surface area contributed by atoms with E-state index in [0.29, 0.717) is 0 Å². The minimum absolute atomic E-state index is 0. The highest BCUT2D eigenvalue weighted by atomic mass is 127. The SMILES string of the molecule is CN1C(=CC=CC=CC=CC2=[N+](C)c3ccccc3C2(C)C)C(C)(C)c2ccccc21.[I-]. The first-order chi connectivity index (χ1) is 14.8. The molecule has 2 aliphatic heterocycles. The van der Waals surface area contributed by atoms with E-state index in [4.69, 9.17) is 0 Å². The van der Waals surface area contributed by atoms with E-state index in [9.17, 15) is 0 Å². The molecule has 32 heavy (non-hydrogen) atoms. The zero-order valence-electron chi connectivity index (χ0n) is 19.9. The van der Waals surface area contributed by atoms with Crippen molar-refractivity contribution in [1.29, 1.82) is 0 Å². The standard InChI is InChI=1S/C29H33N2.HI/c1-28(2)22-16-12-14-18-24(22)30(5)26(28)20-10-8-7-9-11-21-27-29(3,4)23-17-13-15-19-25(23)31(27)6;/h7-21H,1-6H3;1H/q+1;/p-1. The number of hydrogen-bond acceptors (Lipinski definition) is 1. The Morgan fingerprint density at radius 1 is 0.750 bits per heavy atom. The Balaban J connectivity index is 0.00000289. The third kappa shape index (κ3) is 4.03. The van der Waals surface area contributed by atoms with E-state index in [0.717, 1.165) is 0 Å². The molecule has 2 aromatic rings. The van der Waals surface area contributed by atoms with E-state index in [1.54, 1.807) is 0 Å². The molecule has 0 aliphatic carbocycles. The van der Waals surface area contributed by atoms with Crippen LogP contribution in [0.25, 0.3) is 0 Å². The molecule has 0 aromatic heterocycles. The minimum Gasteiger partial charge on any atom is -1.00 e.